The van der Waals surface area contributed by atoms with Crippen LogP contribution in [0.3, 0.4) is 0 Å². The zero-order valence-corrected chi connectivity index (χ0v) is 99.4. The van der Waals surface area contributed by atoms with E-state index >= 15 is 0 Å². The molecule has 7 aliphatic heterocycles. The quantitative estimate of drug-likeness (QED) is 0.0979. The van der Waals surface area contributed by atoms with Crippen molar-refractivity contribution in [2.24, 2.45) is 14.1 Å². The highest BCUT2D eigenvalue weighted by Gasteiger charge is 2.61. The minimum absolute atomic E-state index is 0.0243. The van der Waals surface area contributed by atoms with Gasteiger partial charge in [-0.05, 0) is 265 Å². The van der Waals surface area contributed by atoms with Gasteiger partial charge in [0.1, 0.15) is 34.4 Å². The normalized spacial score (nSPS) is 19.8. The van der Waals surface area contributed by atoms with E-state index in [0.717, 1.165) is 76.8 Å². The fourth-order valence-corrected chi connectivity index (χ4v) is 25.6. The van der Waals surface area contributed by atoms with E-state index in [0.29, 0.717) is 63.9 Å². The molecule has 0 atom stereocenters. The van der Waals surface area contributed by atoms with Crippen LogP contribution in [0.5, 0.6) is 0 Å². The molecule has 28 heteroatoms. The number of carbonyl (C=O) groups excluding carboxylic acids is 7. The highest BCUT2D eigenvalue weighted by Crippen LogP contribution is 2.55. The average molecular weight is 1970 g/mol. The Morgan fingerprint density at radius 3 is 1.04 bits per heavy atom. The monoisotopic (exact) mass is 1970 g/mol. The van der Waals surface area contributed by atoms with Crippen molar-refractivity contribution in [1.29, 1.82) is 0 Å². The second-order valence-corrected chi connectivity index (χ2v) is 52.8. The molecule has 0 radical (unpaired) electrons. The van der Waals surface area contributed by atoms with E-state index in [9.17, 15) is 33.6 Å². The third kappa shape index (κ3) is 18.9. The van der Waals surface area contributed by atoms with Gasteiger partial charge >= 0.3 is 0 Å². The average Bonchev–Trinajstić information content (AvgIpc) is 0.861. The van der Waals surface area contributed by atoms with Gasteiger partial charge in [0.2, 0.25) is 5.82 Å². The molecule has 0 saturated carbocycles. The predicted molar refractivity (Wildman–Crippen MR) is 573 cm³/mol. The van der Waals surface area contributed by atoms with Crippen LogP contribution in [0.15, 0.2) is 0 Å². The van der Waals surface area contributed by atoms with Crippen molar-refractivity contribution in [2.45, 2.75) is 531 Å². The lowest BCUT2D eigenvalue weighted by Crippen LogP contribution is -2.67. The van der Waals surface area contributed by atoms with Gasteiger partial charge in [0, 0.05) is 158 Å². The summed E-state index contributed by atoms with van der Waals surface area (Å²) in [5.41, 5.74) is 10.2. The predicted octanol–water partition coefficient (Wildman–Crippen LogP) is 24.9. The van der Waals surface area contributed by atoms with Gasteiger partial charge in [-0.2, -0.15) is 10.2 Å². The van der Waals surface area contributed by atoms with E-state index in [1.165, 1.54) is 11.1 Å². The molecule has 14 rings (SSSR count). The smallest absolute Gasteiger partial charge is 0.292 e. The summed E-state index contributed by atoms with van der Waals surface area (Å²) < 4.78 is 7.91. The second-order valence-electron chi connectivity index (χ2n) is 50.7. The zero-order chi connectivity index (χ0) is 108. The molecule has 140 heavy (non-hydrogen) atoms. The Balaban J connectivity index is 0.000000200. The van der Waals surface area contributed by atoms with Crippen LogP contribution in [0, 0.1) is 20.8 Å². The van der Waals surface area contributed by atoms with E-state index < -0.39 is 0 Å². The fraction of sp³-hybridized carbons (Fsp3) is 0.741. The lowest BCUT2D eigenvalue weighted by Gasteiger charge is -2.55. The van der Waals surface area contributed by atoms with Crippen molar-refractivity contribution in [1.82, 2.24) is 92.9 Å². The molecule has 26 nitrogen and oxygen atoms in total. The van der Waals surface area contributed by atoms with Crippen molar-refractivity contribution in [3.8, 4) is 0 Å². The summed E-state index contributed by atoms with van der Waals surface area (Å²) in [4.78, 5) is 134. The van der Waals surface area contributed by atoms with E-state index in [-0.39, 0.29) is 162 Å². The number of imidazole rings is 2. The van der Waals surface area contributed by atoms with Gasteiger partial charge in [0.25, 0.3) is 41.4 Å². The first kappa shape index (κ1) is 117. The van der Waals surface area contributed by atoms with E-state index in [2.05, 4.69) is 383 Å². The maximum absolute atomic E-state index is 13.3. The highest BCUT2D eigenvalue weighted by atomic mass is 32.1. The van der Waals surface area contributed by atoms with Gasteiger partial charge in [-0.25, -0.2) is 34.6 Å². The zero-order valence-electron chi connectivity index (χ0n) is 97.8. The lowest BCUT2D eigenvalue weighted by molar-refractivity contribution is -0.0199. The fourth-order valence-electron chi connectivity index (χ4n) is 23.1. The van der Waals surface area contributed by atoms with Crippen molar-refractivity contribution >= 4 is 64.0 Å². The Morgan fingerprint density at radius 1 is 0.279 bits per heavy atom. The molecular weight excluding hydrogens is 1790 g/mol. The molecule has 0 aromatic carbocycles. The Kier molecular flexibility index (Phi) is 32.9. The van der Waals surface area contributed by atoms with Gasteiger partial charge in [0.15, 0.2) is 17.2 Å². The van der Waals surface area contributed by atoms with E-state index in [4.69, 9.17) is 15.0 Å². The van der Waals surface area contributed by atoms with Gasteiger partial charge in [-0.3, -0.25) is 38.2 Å². The van der Waals surface area contributed by atoms with Crippen LogP contribution in [0.1, 0.15) is 557 Å². The number of hydrogen-bond acceptors (Lipinski definition) is 17. The molecule has 0 spiro atoms. The number of pyridine rings is 1. The van der Waals surface area contributed by atoms with E-state index in [1.807, 2.05) is 90.0 Å². The molecule has 14 heterocycles. The summed E-state index contributed by atoms with van der Waals surface area (Å²) in [6.45, 7) is 117. The number of rotatable bonds is 14. The van der Waals surface area contributed by atoms with Gasteiger partial charge in [0.05, 0.1) is 48.4 Å². The third-order valence-electron chi connectivity index (χ3n) is 33.1. The van der Waals surface area contributed by atoms with Gasteiger partial charge in [-0.15, -0.1) is 22.7 Å². The number of nitrogens with zero attached hydrogens (tertiary/aromatic N) is 19. The summed E-state index contributed by atoms with van der Waals surface area (Å²) >= 11 is 3.40. The number of thiazole rings is 2. The van der Waals surface area contributed by atoms with E-state index in [1.54, 1.807) is 22.7 Å². The minimum Gasteiger partial charge on any atom is -0.334 e. The first-order chi connectivity index (χ1) is 63.2. The maximum atomic E-state index is 13.3. The molecule has 0 N–H and O–H groups in total. The van der Waals surface area contributed by atoms with Crippen LogP contribution in [-0.4, -0.2) is 204 Å². The summed E-state index contributed by atoms with van der Waals surface area (Å²) in [5, 5.41) is 11.3. The summed E-state index contributed by atoms with van der Waals surface area (Å²) in [5.74, 6) is 5.53. The van der Waals surface area contributed by atoms with Gasteiger partial charge in [-0.1, -0.05) is 138 Å². The molecule has 7 aliphatic rings. The van der Waals surface area contributed by atoms with Crippen LogP contribution in [0.25, 0.3) is 0 Å². The number of aromatic nitrogens is 12. The van der Waals surface area contributed by atoms with Crippen molar-refractivity contribution in [2.75, 3.05) is 0 Å². The molecule has 0 bridgehead atoms. The summed E-state index contributed by atoms with van der Waals surface area (Å²) in [7, 11) is 4.00. The van der Waals surface area contributed by atoms with Crippen molar-refractivity contribution in [3.05, 3.63) is 122 Å². The first-order valence-electron chi connectivity index (χ1n) is 51.8. The van der Waals surface area contributed by atoms with Crippen LogP contribution < -0.4 is 0 Å². The molecular formula is C112H185N19O7S2. The molecule has 7 amide bonds. The van der Waals surface area contributed by atoms with Crippen LogP contribution in [0.2, 0.25) is 0 Å². The van der Waals surface area contributed by atoms with Crippen molar-refractivity contribution in [3.63, 3.8) is 0 Å². The Bertz CT molecular complexity index is 5710. The topological polar surface area (TPSA) is 265 Å². The number of carbonyl (C=O) groups is 7. The maximum Gasteiger partial charge on any atom is 0.292 e. The summed E-state index contributed by atoms with van der Waals surface area (Å²) in [6.07, 6.45) is 0. The van der Waals surface area contributed by atoms with Crippen LogP contribution in [-0.2, 0) is 52.4 Å². The standard InChI is InChI=1S/C20H32N2O.2C17H29N3O.C16H26N2OS.C15H26N4O.C14H23N3O.C13H20N2OS/c1-11(2)16-14(6)13(5)15-17(21-16)18(23)22(12(3)4)20(9,10)19(15,7)8;1-10(2)14-18-13-12(19(14)9)15(21)20(11(3)4)17(7,8)16(13,5)6;1-10(2)14-18-12-13(19(14)9)16(5,6)17(7,8)20(11(3)4)15(12)21;1-9(2)13-17-11-12(20-13)15(5,6)16(7,8)18(10(3)4)14(11)19;1-9(2)11-16-12-13(20)18(10(3)4)14(5,6)15(7,8)19(12)17-11;1-8(2)16-13(18)12-11(14(16,6)7)10(5)17(15-12)9(3)4;1-7(2)11-14-9-10(17-11)13(5,6)15(8(3)4)12(9)16/h11-12H,1-10H3;2*10-11H,1-9H3;2*9-10H,1-8H3;8-9H,1-7H3;7-8H,1-6H3. The Labute approximate surface area is 852 Å². The minimum atomic E-state index is -0.326. The molecule has 0 fully saturated rings. The first-order valence-corrected chi connectivity index (χ1v) is 53.5. The van der Waals surface area contributed by atoms with Crippen molar-refractivity contribution < 1.29 is 33.6 Å². The second kappa shape index (κ2) is 39.4. The SMILES string of the molecule is CC(C)c1nc2c(n1C)C(=O)N(C(C)C)C(C)(C)C2(C)C.CC(C)c1nc2c(n1C)C(C)(C)C(C)(C)N(C(C)C)C2=O.CC(C)c1nc2c(s1)C(C)(C)C(C)(C)N(C(C)C)C2=O.CC(C)c1nc2c(s1)C(C)(C)N(C(C)C)C2=O.CC(C)c1nc2n(n1)C(C)(C)C(C)(C)N(C(C)C)C2=O.Cc1c(C(C)C)nc2c(c1C)C(C)(C)C(C)(C)N(C(C)C)C2=O.Cc1c2c(nn1C(C)C)C(=O)N(C(C)C)C2(C)C. The Hall–Kier alpha value is -8.53. The largest absolute Gasteiger partial charge is 0.334 e. The third-order valence-corrected chi connectivity index (χ3v) is 36.5. The molecule has 7 aromatic rings. The molecule has 782 valence electrons. The van der Waals surface area contributed by atoms with Crippen LogP contribution in [0.4, 0.5) is 0 Å². The lowest BCUT2D eigenvalue weighted by atomic mass is 9.63. The highest BCUT2D eigenvalue weighted by molar-refractivity contribution is 7.12. The number of amides is 7. The Morgan fingerprint density at radius 2 is 0.643 bits per heavy atom. The van der Waals surface area contributed by atoms with Crippen LogP contribution >= 0.6 is 22.7 Å². The van der Waals surface area contributed by atoms with Gasteiger partial charge < -0.3 is 43.4 Å². The number of fused-ring (bicyclic) bond motifs is 7. The summed E-state index contributed by atoms with van der Waals surface area (Å²) in [6, 6.07) is 1.46. The molecule has 0 unspecified atom stereocenters. The molecule has 7 aromatic heterocycles. The molecule has 0 saturated heterocycles. The molecule has 0 aliphatic carbocycles. The number of hydrogen-bond donors (Lipinski definition) is 0.